The lowest BCUT2D eigenvalue weighted by Crippen LogP contribution is -2.46. The Morgan fingerprint density at radius 2 is 1.85 bits per heavy atom. The van der Waals surface area contributed by atoms with Crippen molar-refractivity contribution >= 4 is 5.97 Å². The van der Waals surface area contributed by atoms with Gasteiger partial charge in [-0.1, -0.05) is 19.8 Å². The van der Waals surface area contributed by atoms with E-state index in [1.807, 2.05) is 0 Å². The van der Waals surface area contributed by atoms with Crippen molar-refractivity contribution < 1.29 is 9.90 Å². The van der Waals surface area contributed by atoms with Gasteiger partial charge in [-0.2, -0.15) is 0 Å². The van der Waals surface area contributed by atoms with E-state index >= 15 is 0 Å². The Labute approximate surface area is 123 Å². The van der Waals surface area contributed by atoms with Crippen LogP contribution in [0.15, 0.2) is 0 Å². The van der Waals surface area contributed by atoms with E-state index in [1.54, 1.807) is 0 Å². The van der Waals surface area contributed by atoms with Crippen LogP contribution in [0.1, 0.15) is 51.9 Å². The summed E-state index contributed by atoms with van der Waals surface area (Å²) in [4.78, 5) is 16.2. The number of carbonyl (C=O) groups is 1. The van der Waals surface area contributed by atoms with Crippen LogP contribution in [0.3, 0.4) is 0 Å². The molecule has 0 aromatic heterocycles. The molecule has 0 aliphatic carbocycles. The third-order valence-corrected chi connectivity index (χ3v) is 4.92. The maximum Gasteiger partial charge on any atom is 0.320 e. The van der Waals surface area contributed by atoms with Crippen molar-refractivity contribution in [3.63, 3.8) is 0 Å². The smallest absolute Gasteiger partial charge is 0.320 e. The zero-order chi connectivity index (χ0) is 14.4. The maximum atomic E-state index is 11.4. The van der Waals surface area contributed by atoms with Gasteiger partial charge in [-0.15, -0.1) is 0 Å². The van der Waals surface area contributed by atoms with E-state index in [0.717, 1.165) is 38.3 Å². The van der Waals surface area contributed by atoms with Crippen molar-refractivity contribution in [3.05, 3.63) is 0 Å². The molecule has 1 unspecified atom stereocenters. The molecule has 1 atom stereocenters. The molecular weight excluding hydrogens is 252 g/mol. The topological polar surface area (TPSA) is 43.8 Å². The van der Waals surface area contributed by atoms with Crippen LogP contribution in [0, 0.1) is 5.92 Å². The number of carboxylic acids is 1. The van der Waals surface area contributed by atoms with Crippen LogP contribution in [0.25, 0.3) is 0 Å². The fourth-order valence-corrected chi connectivity index (χ4v) is 3.64. The van der Waals surface area contributed by atoms with Crippen molar-refractivity contribution in [1.29, 1.82) is 0 Å². The van der Waals surface area contributed by atoms with E-state index in [-0.39, 0.29) is 6.04 Å². The Morgan fingerprint density at radius 3 is 2.40 bits per heavy atom. The molecule has 0 saturated carbocycles. The van der Waals surface area contributed by atoms with Gasteiger partial charge in [0.1, 0.15) is 6.04 Å². The van der Waals surface area contributed by atoms with Crippen molar-refractivity contribution in [2.45, 2.75) is 57.9 Å². The number of rotatable bonds is 7. The van der Waals surface area contributed by atoms with E-state index in [2.05, 4.69) is 16.7 Å². The average molecular weight is 282 g/mol. The summed E-state index contributed by atoms with van der Waals surface area (Å²) in [5.74, 6) is 0.154. The number of likely N-dealkylation sites (tertiary alicyclic amines) is 2. The van der Waals surface area contributed by atoms with E-state index in [1.165, 1.54) is 45.3 Å². The molecule has 20 heavy (non-hydrogen) atoms. The Balaban J connectivity index is 1.75. The van der Waals surface area contributed by atoms with Crippen molar-refractivity contribution in [3.8, 4) is 0 Å². The fraction of sp³-hybridized carbons (Fsp3) is 0.938. The predicted octanol–water partition coefficient (Wildman–Crippen LogP) is 2.44. The molecule has 0 radical (unpaired) electrons. The monoisotopic (exact) mass is 282 g/mol. The van der Waals surface area contributed by atoms with Gasteiger partial charge in [0.25, 0.3) is 0 Å². The van der Waals surface area contributed by atoms with Crippen LogP contribution >= 0.6 is 0 Å². The van der Waals surface area contributed by atoms with Crippen LogP contribution in [0.5, 0.6) is 0 Å². The zero-order valence-corrected chi connectivity index (χ0v) is 12.9. The van der Waals surface area contributed by atoms with Crippen LogP contribution in [-0.2, 0) is 4.79 Å². The number of hydrogen-bond acceptors (Lipinski definition) is 3. The molecule has 4 nitrogen and oxygen atoms in total. The highest BCUT2D eigenvalue weighted by molar-refractivity contribution is 5.73. The first kappa shape index (κ1) is 15.8. The molecule has 0 aromatic carbocycles. The highest BCUT2D eigenvalue weighted by Gasteiger charge is 2.29. The van der Waals surface area contributed by atoms with Gasteiger partial charge in [0.2, 0.25) is 0 Å². The summed E-state index contributed by atoms with van der Waals surface area (Å²) in [7, 11) is 0. The third kappa shape index (κ3) is 4.45. The molecule has 2 heterocycles. The van der Waals surface area contributed by atoms with Gasteiger partial charge >= 0.3 is 5.97 Å². The Hall–Kier alpha value is -0.610. The fourth-order valence-electron chi connectivity index (χ4n) is 3.64. The molecule has 1 N–H and O–H groups in total. The molecule has 2 aliphatic heterocycles. The normalized spacial score (nSPS) is 24.1. The minimum Gasteiger partial charge on any atom is -0.480 e. The molecule has 2 saturated heterocycles. The molecular formula is C16H30N2O2. The minimum atomic E-state index is -0.628. The number of aliphatic carboxylic acids is 1. The Morgan fingerprint density at radius 1 is 1.20 bits per heavy atom. The quantitative estimate of drug-likeness (QED) is 0.779. The summed E-state index contributed by atoms with van der Waals surface area (Å²) in [5.41, 5.74) is 0. The van der Waals surface area contributed by atoms with Crippen LogP contribution < -0.4 is 0 Å². The highest BCUT2D eigenvalue weighted by atomic mass is 16.4. The first-order valence-corrected chi connectivity index (χ1v) is 8.40. The number of hydrogen-bond donors (Lipinski definition) is 1. The summed E-state index contributed by atoms with van der Waals surface area (Å²) in [6, 6.07) is -0.248. The van der Waals surface area contributed by atoms with Gasteiger partial charge in [-0.25, -0.2) is 0 Å². The summed E-state index contributed by atoms with van der Waals surface area (Å²) >= 11 is 0. The first-order chi connectivity index (χ1) is 9.70. The lowest BCUT2D eigenvalue weighted by molar-refractivity contribution is -0.144. The van der Waals surface area contributed by atoms with E-state index in [4.69, 9.17) is 0 Å². The summed E-state index contributed by atoms with van der Waals surface area (Å²) in [6.07, 6.45) is 7.97. The molecule has 116 valence electrons. The van der Waals surface area contributed by atoms with Gasteiger partial charge < -0.3 is 10.0 Å². The zero-order valence-electron chi connectivity index (χ0n) is 12.9. The molecule has 2 fully saturated rings. The second-order valence-electron chi connectivity index (χ2n) is 6.48. The summed E-state index contributed by atoms with van der Waals surface area (Å²) in [6.45, 7) is 7.85. The van der Waals surface area contributed by atoms with Gasteiger partial charge in [0.15, 0.2) is 0 Å². The van der Waals surface area contributed by atoms with Crippen molar-refractivity contribution in [2.75, 3.05) is 32.7 Å². The molecule has 4 heteroatoms. The third-order valence-electron chi connectivity index (χ3n) is 4.92. The molecule has 2 rings (SSSR count). The van der Waals surface area contributed by atoms with Crippen molar-refractivity contribution in [1.82, 2.24) is 9.80 Å². The Bertz CT molecular complexity index is 295. The SMILES string of the molecule is CCCCC(C(=O)O)N1CCC(CN2CCCC2)CC1. The average Bonchev–Trinajstić information content (AvgIpc) is 2.93. The standard InChI is InChI=1S/C16H30N2O2/c1-2-3-6-15(16(19)20)18-11-7-14(8-12-18)13-17-9-4-5-10-17/h14-15H,2-13H2,1H3,(H,19,20). The molecule has 0 spiro atoms. The van der Waals surface area contributed by atoms with Gasteiger partial charge in [0, 0.05) is 6.54 Å². The van der Waals surface area contributed by atoms with Gasteiger partial charge in [0.05, 0.1) is 0 Å². The lowest BCUT2D eigenvalue weighted by atomic mass is 9.94. The lowest BCUT2D eigenvalue weighted by Gasteiger charge is -2.37. The molecule has 0 bridgehead atoms. The second-order valence-corrected chi connectivity index (χ2v) is 6.48. The van der Waals surface area contributed by atoms with E-state index in [9.17, 15) is 9.90 Å². The first-order valence-electron chi connectivity index (χ1n) is 8.40. The van der Waals surface area contributed by atoms with Gasteiger partial charge in [-0.05, 0) is 64.2 Å². The van der Waals surface area contributed by atoms with Crippen molar-refractivity contribution in [2.24, 2.45) is 5.92 Å². The Kier molecular flexibility index (Phi) is 6.30. The minimum absolute atomic E-state index is 0.248. The number of nitrogens with zero attached hydrogens (tertiary/aromatic N) is 2. The number of carboxylic acid groups (broad SMARTS) is 1. The number of unbranched alkanes of at least 4 members (excludes halogenated alkanes) is 1. The van der Waals surface area contributed by atoms with Crippen LogP contribution in [0.2, 0.25) is 0 Å². The highest BCUT2D eigenvalue weighted by Crippen LogP contribution is 2.23. The maximum absolute atomic E-state index is 11.4. The second kappa shape index (κ2) is 7.99. The van der Waals surface area contributed by atoms with Crippen LogP contribution in [0.4, 0.5) is 0 Å². The molecule has 0 aromatic rings. The predicted molar refractivity (Wildman–Crippen MR) is 80.9 cm³/mol. The summed E-state index contributed by atoms with van der Waals surface area (Å²) in [5, 5.41) is 9.40. The van der Waals surface area contributed by atoms with Gasteiger partial charge in [-0.3, -0.25) is 9.69 Å². The summed E-state index contributed by atoms with van der Waals surface area (Å²) < 4.78 is 0. The van der Waals surface area contributed by atoms with E-state index < -0.39 is 5.97 Å². The molecule has 2 aliphatic rings. The number of piperidine rings is 1. The van der Waals surface area contributed by atoms with Crippen LogP contribution in [-0.4, -0.2) is 59.6 Å². The molecule has 0 amide bonds. The largest absolute Gasteiger partial charge is 0.480 e. The van der Waals surface area contributed by atoms with E-state index in [0.29, 0.717) is 0 Å².